The van der Waals surface area contributed by atoms with Crippen LogP contribution in [-0.2, 0) is 10.8 Å². The summed E-state index contributed by atoms with van der Waals surface area (Å²) in [6.07, 6.45) is 0. The zero-order chi connectivity index (χ0) is 33.9. The molecule has 0 heteroatoms. The van der Waals surface area contributed by atoms with Crippen molar-refractivity contribution in [1.29, 1.82) is 0 Å². The largest absolute Gasteiger partial charge is 0.0616 e. The van der Waals surface area contributed by atoms with Gasteiger partial charge in [-0.3, -0.25) is 0 Å². The summed E-state index contributed by atoms with van der Waals surface area (Å²) in [6, 6.07) is 44.9. The van der Waals surface area contributed by atoms with E-state index < -0.39 is 0 Å². The molecular formula is C51H34. The summed E-state index contributed by atoms with van der Waals surface area (Å²) in [4.78, 5) is 0. The predicted octanol–water partition coefficient (Wildman–Crippen LogP) is 12.3. The molecular weight excluding hydrogens is 613 g/mol. The summed E-state index contributed by atoms with van der Waals surface area (Å²) >= 11 is 0. The van der Waals surface area contributed by atoms with Crippen molar-refractivity contribution in [3.8, 4) is 44.5 Å². The highest BCUT2D eigenvalue weighted by molar-refractivity contribution is 6.26. The molecule has 13 rings (SSSR count). The molecule has 0 aliphatic heterocycles. The lowest BCUT2D eigenvalue weighted by Crippen LogP contribution is -2.37. The fraction of sp³-hybridized carbons (Fsp3) is 0.137. The summed E-state index contributed by atoms with van der Waals surface area (Å²) in [5.41, 5.74) is 18.1. The molecule has 0 N–H and O–H groups in total. The SMILES string of the molecule is Cc1c2c(cc3c1=c1ccc4c5c(ccc=3c15)=c1ccccc1=4)C(C)(C)c1cc3c(cc1C2(C)C)-c1ccc2c4c(ccc-3c14)-c1ccccc1-2. The highest BCUT2D eigenvalue weighted by Crippen LogP contribution is 2.59. The number of hydrogen-bond donors (Lipinski definition) is 0. The third-order valence-electron chi connectivity index (χ3n) is 13.9. The normalized spacial score (nSPS) is 15.9. The van der Waals surface area contributed by atoms with E-state index >= 15 is 0 Å². The molecule has 0 aromatic heterocycles. The van der Waals surface area contributed by atoms with Crippen LogP contribution in [0.4, 0.5) is 0 Å². The number of rotatable bonds is 0. The van der Waals surface area contributed by atoms with Crippen LogP contribution in [0.5, 0.6) is 0 Å². The Balaban J connectivity index is 1.12. The van der Waals surface area contributed by atoms with Crippen LogP contribution in [0.25, 0.3) is 66.1 Å². The Morgan fingerprint density at radius 2 is 0.784 bits per heavy atom. The Hall–Kier alpha value is -5.72. The van der Waals surface area contributed by atoms with E-state index in [1.165, 1.54) is 136 Å². The van der Waals surface area contributed by atoms with E-state index in [-0.39, 0.29) is 10.8 Å². The molecule has 0 heterocycles. The molecule has 8 aromatic carbocycles. The van der Waals surface area contributed by atoms with Gasteiger partial charge >= 0.3 is 0 Å². The number of hydrogen-bond acceptors (Lipinski definition) is 0. The first-order chi connectivity index (χ1) is 24.7. The quantitative estimate of drug-likeness (QED) is 0.154. The van der Waals surface area contributed by atoms with Gasteiger partial charge in [0.05, 0.1) is 0 Å². The molecule has 0 unspecified atom stereocenters. The minimum atomic E-state index is -0.166. The van der Waals surface area contributed by atoms with Gasteiger partial charge in [-0.15, -0.1) is 0 Å². The highest BCUT2D eigenvalue weighted by atomic mass is 14.5. The number of benzene rings is 8. The molecule has 0 fully saturated rings. The van der Waals surface area contributed by atoms with Gasteiger partial charge in [0, 0.05) is 10.8 Å². The van der Waals surface area contributed by atoms with Gasteiger partial charge in [0.2, 0.25) is 0 Å². The van der Waals surface area contributed by atoms with Crippen LogP contribution in [0.3, 0.4) is 0 Å². The van der Waals surface area contributed by atoms with Crippen molar-refractivity contribution in [1.82, 2.24) is 0 Å². The molecule has 238 valence electrons. The molecule has 5 aliphatic carbocycles. The van der Waals surface area contributed by atoms with E-state index in [1.807, 2.05) is 0 Å². The Bertz CT molecular complexity index is 3460. The molecule has 8 aromatic rings. The Morgan fingerprint density at radius 3 is 1.35 bits per heavy atom. The molecule has 0 saturated heterocycles. The van der Waals surface area contributed by atoms with Crippen molar-refractivity contribution >= 4 is 21.5 Å². The van der Waals surface area contributed by atoms with Gasteiger partial charge in [-0.2, -0.15) is 0 Å². The third kappa shape index (κ3) is 2.80. The van der Waals surface area contributed by atoms with Crippen molar-refractivity contribution < 1.29 is 0 Å². The zero-order valence-corrected chi connectivity index (χ0v) is 29.5. The minimum absolute atomic E-state index is 0.165. The fourth-order valence-corrected chi connectivity index (χ4v) is 11.7. The maximum Gasteiger partial charge on any atom is 0.0155 e. The van der Waals surface area contributed by atoms with Crippen molar-refractivity contribution in [3.63, 3.8) is 0 Å². The van der Waals surface area contributed by atoms with Crippen LogP contribution >= 0.6 is 0 Å². The Kier molecular flexibility index (Phi) is 4.38. The smallest absolute Gasteiger partial charge is 0.0155 e. The summed E-state index contributed by atoms with van der Waals surface area (Å²) < 4.78 is 0. The van der Waals surface area contributed by atoms with Crippen LogP contribution in [0.15, 0.2) is 115 Å². The molecule has 0 nitrogen and oxygen atoms in total. The molecule has 0 atom stereocenters. The van der Waals surface area contributed by atoms with E-state index in [0.717, 1.165) is 0 Å². The average molecular weight is 647 g/mol. The summed E-state index contributed by atoms with van der Waals surface area (Å²) in [6.45, 7) is 12.3. The lowest BCUT2D eigenvalue weighted by molar-refractivity contribution is 0.517. The maximum absolute atomic E-state index is 2.60. The first-order valence-corrected chi connectivity index (χ1v) is 18.5. The molecule has 0 spiro atoms. The number of fused-ring (bicyclic) bond motifs is 10. The summed E-state index contributed by atoms with van der Waals surface area (Å²) in [5.74, 6) is 0. The van der Waals surface area contributed by atoms with E-state index in [9.17, 15) is 0 Å². The molecule has 0 saturated carbocycles. The monoisotopic (exact) mass is 646 g/mol. The van der Waals surface area contributed by atoms with Crippen LogP contribution in [0.2, 0.25) is 0 Å². The zero-order valence-electron chi connectivity index (χ0n) is 29.5. The van der Waals surface area contributed by atoms with Crippen LogP contribution in [0.1, 0.15) is 55.5 Å². The summed E-state index contributed by atoms with van der Waals surface area (Å²) in [5, 5.41) is 16.9. The third-order valence-corrected chi connectivity index (χ3v) is 13.9. The maximum atomic E-state index is 2.60. The Labute approximate surface area is 295 Å². The minimum Gasteiger partial charge on any atom is -0.0616 e. The highest BCUT2D eigenvalue weighted by Gasteiger charge is 2.44. The molecule has 0 amide bonds. The second kappa shape index (κ2) is 8.25. The topological polar surface area (TPSA) is 0 Å². The van der Waals surface area contributed by atoms with E-state index in [1.54, 1.807) is 0 Å². The van der Waals surface area contributed by atoms with Gasteiger partial charge < -0.3 is 0 Å². The predicted molar refractivity (Wildman–Crippen MR) is 209 cm³/mol. The fourth-order valence-electron chi connectivity index (χ4n) is 11.7. The molecule has 0 bridgehead atoms. The molecule has 5 aliphatic rings. The standard InChI is InChI=1S/C51H34/c1-25-44-37-21-20-33-29-13-9-8-12-28(29)32-16-19-36(48(37)46(32)33)40(44)24-43-49(25)51(4,5)42-23-39-35-18-15-31-27-11-7-6-10-26(27)30-14-17-34(47(35)45(30)31)38(39)22-41(42)50(43,2)3/h6-24H,1-5H3. The van der Waals surface area contributed by atoms with Gasteiger partial charge in [-0.1, -0.05) is 125 Å². The Morgan fingerprint density at radius 1 is 0.333 bits per heavy atom. The second-order valence-corrected chi connectivity index (χ2v) is 16.8. The van der Waals surface area contributed by atoms with Gasteiger partial charge in [0.25, 0.3) is 0 Å². The van der Waals surface area contributed by atoms with Crippen LogP contribution in [-0.4, -0.2) is 0 Å². The van der Waals surface area contributed by atoms with Gasteiger partial charge in [-0.25, -0.2) is 0 Å². The van der Waals surface area contributed by atoms with Crippen LogP contribution in [0, 0.1) is 48.7 Å². The van der Waals surface area contributed by atoms with Crippen molar-refractivity contribution in [2.24, 2.45) is 0 Å². The summed E-state index contributed by atoms with van der Waals surface area (Å²) in [7, 11) is 0. The van der Waals surface area contributed by atoms with Gasteiger partial charge in [0.15, 0.2) is 0 Å². The first kappa shape index (κ1) is 27.1. The lowest BCUT2D eigenvalue weighted by atomic mass is 9.58. The van der Waals surface area contributed by atoms with Gasteiger partial charge in [-0.05, 0) is 161 Å². The molecule has 51 heavy (non-hydrogen) atoms. The first-order valence-electron chi connectivity index (χ1n) is 18.5. The van der Waals surface area contributed by atoms with E-state index in [4.69, 9.17) is 0 Å². The lowest BCUT2D eigenvalue weighted by Gasteiger charge is -2.45. The van der Waals surface area contributed by atoms with Crippen molar-refractivity contribution in [2.75, 3.05) is 0 Å². The van der Waals surface area contributed by atoms with Crippen molar-refractivity contribution in [3.05, 3.63) is 185 Å². The van der Waals surface area contributed by atoms with Gasteiger partial charge in [0.1, 0.15) is 0 Å². The van der Waals surface area contributed by atoms with E-state index in [0.29, 0.717) is 0 Å². The van der Waals surface area contributed by atoms with E-state index in [2.05, 4.69) is 150 Å². The molecule has 0 radical (unpaired) electrons. The average Bonchev–Trinajstić information content (AvgIpc) is 3.85. The van der Waals surface area contributed by atoms with Crippen LogP contribution < -0.4 is 0 Å². The van der Waals surface area contributed by atoms with Crippen molar-refractivity contribution in [2.45, 2.75) is 45.4 Å². The second-order valence-electron chi connectivity index (χ2n) is 16.8.